The number of morpholine rings is 1. The first-order valence-electron chi connectivity index (χ1n) is 16.6. The van der Waals surface area contributed by atoms with Gasteiger partial charge in [-0.2, -0.15) is 10.1 Å². The van der Waals surface area contributed by atoms with Gasteiger partial charge in [0.05, 0.1) is 51.3 Å². The quantitative estimate of drug-likeness (QED) is 0.276. The summed E-state index contributed by atoms with van der Waals surface area (Å²) in [5.74, 6) is 0.0134. The zero-order chi connectivity index (χ0) is 35.8. The number of benzene rings is 2. The van der Waals surface area contributed by atoms with E-state index < -0.39 is 48.8 Å². The molecule has 41 heavy (non-hydrogen) atoms. The topological polar surface area (TPSA) is 110 Å². The summed E-state index contributed by atoms with van der Waals surface area (Å²) < 4.78 is 80.0. The fourth-order valence-corrected chi connectivity index (χ4v) is 4.12. The van der Waals surface area contributed by atoms with Gasteiger partial charge in [-0.05, 0) is 26.2 Å². The predicted octanol–water partition coefficient (Wildman–Crippen LogP) is 4.10. The fraction of sp³-hybridized carbons (Fsp3) is 0.267. The Morgan fingerprint density at radius 2 is 2.02 bits per heavy atom. The van der Waals surface area contributed by atoms with Gasteiger partial charge in [0, 0.05) is 58.0 Å². The van der Waals surface area contributed by atoms with Gasteiger partial charge in [0.15, 0.2) is 5.82 Å². The van der Waals surface area contributed by atoms with E-state index in [1.54, 1.807) is 12.1 Å². The van der Waals surface area contributed by atoms with Gasteiger partial charge in [-0.25, -0.2) is 9.67 Å². The minimum Gasteiger partial charge on any atom is -0.494 e. The van der Waals surface area contributed by atoms with E-state index in [9.17, 15) is 4.79 Å². The second-order valence-corrected chi connectivity index (χ2v) is 8.98. The van der Waals surface area contributed by atoms with Crippen LogP contribution >= 0.6 is 0 Å². The molecule has 212 valence electrons. The summed E-state index contributed by atoms with van der Waals surface area (Å²) in [7, 11) is 4.37. The first kappa shape index (κ1) is 19.4. The lowest BCUT2D eigenvalue weighted by Gasteiger charge is -2.31. The summed E-state index contributed by atoms with van der Waals surface area (Å²) >= 11 is 0. The summed E-state index contributed by atoms with van der Waals surface area (Å²) in [5, 5.41) is 10.3. The normalized spacial score (nSPS) is 16.3. The molecule has 1 fully saturated rings. The third kappa shape index (κ3) is 6.53. The molecule has 1 aliphatic rings. The molecule has 4 aromatic rings. The molecule has 1 saturated heterocycles. The number of aromatic nitrogens is 4. The van der Waals surface area contributed by atoms with Crippen molar-refractivity contribution >= 4 is 28.9 Å². The molecule has 1 amide bonds. The molecule has 0 atom stereocenters. The Balaban J connectivity index is 1.63. The highest BCUT2D eigenvalue weighted by Crippen LogP contribution is 2.38. The minimum atomic E-state index is -2.36. The van der Waals surface area contributed by atoms with E-state index in [0.717, 1.165) is 10.8 Å². The molecule has 0 radical (unpaired) electrons. The lowest BCUT2D eigenvalue weighted by Crippen LogP contribution is -2.36. The Morgan fingerprint density at radius 3 is 2.73 bits per heavy atom. The number of carbonyl (C=O) groups excluding carboxylic acids is 1. The van der Waals surface area contributed by atoms with Crippen molar-refractivity contribution in [1.82, 2.24) is 24.6 Å². The molecule has 0 saturated carbocycles. The monoisotopic (exact) mass is 562 g/mol. The number of methoxy groups -OCH3 is 1. The van der Waals surface area contributed by atoms with E-state index in [4.69, 9.17) is 20.4 Å². The zero-order valence-electron chi connectivity index (χ0n) is 30.8. The molecule has 1 aliphatic heterocycles. The van der Waals surface area contributed by atoms with Crippen LogP contribution in [0.2, 0.25) is 0 Å². The van der Waals surface area contributed by atoms with Gasteiger partial charge >= 0.3 is 0 Å². The van der Waals surface area contributed by atoms with Crippen LogP contribution in [0.3, 0.4) is 0 Å². The fourth-order valence-electron chi connectivity index (χ4n) is 4.12. The number of anilines is 4. The summed E-state index contributed by atoms with van der Waals surface area (Å²) in [5.41, 5.74) is 0.556. The van der Waals surface area contributed by atoms with Gasteiger partial charge in [0.1, 0.15) is 5.75 Å². The maximum atomic E-state index is 12.4. The Morgan fingerprint density at radius 1 is 1.24 bits per heavy atom. The van der Waals surface area contributed by atoms with Crippen molar-refractivity contribution in [2.24, 2.45) is 0 Å². The molecule has 2 aromatic heterocycles. The average Bonchev–Trinajstić information content (AvgIpc) is 3.43. The van der Waals surface area contributed by atoms with Gasteiger partial charge in [-0.1, -0.05) is 36.8 Å². The van der Waals surface area contributed by atoms with Crippen molar-refractivity contribution in [3.63, 3.8) is 0 Å². The SMILES string of the molecule is [2H]c1c([2H])c([2H])c(-c2nn(-c3ccnc(Nc4cc(NC(=O)C=C)c(N5CCOCC5)cc4OC)n3)c([2H])c2C([2H])([2H])N(C)C)c([2H])c1[2H]. The number of nitrogens with one attached hydrogen (secondary N) is 2. The van der Waals surface area contributed by atoms with Crippen LogP contribution in [-0.2, 0) is 16.0 Å². The smallest absolute Gasteiger partial charge is 0.247 e. The summed E-state index contributed by atoms with van der Waals surface area (Å²) in [6.07, 6.45) is 2.07. The van der Waals surface area contributed by atoms with Gasteiger partial charge in [0.25, 0.3) is 0 Å². The zero-order valence-corrected chi connectivity index (χ0v) is 22.8. The maximum Gasteiger partial charge on any atom is 0.247 e. The molecule has 0 aliphatic carbocycles. The van der Waals surface area contributed by atoms with Crippen LogP contribution in [0.25, 0.3) is 17.1 Å². The van der Waals surface area contributed by atoms with Crippen LogP contribution in [0.5, 0.6) is 5.75 Å². The Bertz CT molecular complexity index is 1900. The van der Waals surface area contributed by atoms with Crippen LogP contribution in [0.4, 0.5) is 23.0 Å². The lowest BCUT2D eigenvalue weighted by molar-refractivity contribution is -0.111. The number of carbonyl (C=O) groups is 1. The van der Waals surface area contributed by atoms with Gasteiger partial charge in [-0.3, -0.25) is 4.79 Å². The van der Waals surface area contributed by atoms with Crippen molar-refractivity contribution in [2.45, 2.75) is 6.50 Å². The molecule has 3 heterocycles. The number of amides is 1. The largest absolute Gasteiger partial charge is 0.494 e. The second kappa shape index (κ2) is 12.6. The standard InChI is InChI=1S/C30H34N8O3/c1-5-28(39)32-23-17-24(26(40-4)18-25(23)37-13-15-41-16-14-37)33-30-31-12-11-27(34-30)38-20-22(19-36(2)3)29(35-38)21-9-7-6-8-10-21/h5-12,17-18,20H,1,13-16,19H2,2-4H3,(H,32,39)(H,31,33,34)/i6D,7D,8D,9D,10D,19D2,20D. The van der Waals surface area contributed by atoms with Gasteiger partial charge in [0.2, 0.25) is 11.9 Å². The average molecular weight is 563 g/mol. The molecular formula is C30H34N8O3. The van der Waals surface area contributed by atoms with Crippen LogP contribution in [0.15, 0.2) is 73.4 Å². The molecule has 11 nitrogen and oxygen atoms in total. The molecule has 11 heteroatoms. The Kier molecular flexibility index (Phi) is 5.96. The second-order valence-electron chi connectivity index (χ2n) is 8.98. The number of rotatable bonds is 10. The van der Waals surface area contributed by atoms with Crippen LogP contribution in [0, 0.1) is 0 Å². The summed E-state index contributed by atoms with van der Waals surface area (Å²) in [6, 6.07) is 1.78. The highest BCUT2D eigenvalue weighted by atomic mass is 16.5. The Labute approximate surface area is 250 Å². The maximum absolute atomic E-state index is 12.4. The number of hydrogen-bond acceptors (Lipinski definition) is 9. The minimum absolute atomic E-state index is 0.0148. The molecule has 0 bridgehead atoms. The molecule has 2 N–H and O–H groups in total. The third-order valence-corrected chi connectivity index (χ3v) is 5.94. The van der Waals surface area contributed by atoms with Crippen LogP contribution < -0.4 is 20.3 Å². The van der Waals surface area contributed by atoms with Crippen LogP contribution in [-0.4, -0.2) is 78.1 Å². The first-order valence-corrected chi connectivity index (χ1v) is 12.6. The highest BCUT2D eigenvalue weighted by molar-refractivity contribution is 6.02. The van der Waals surface area contributed by atoms with Crippen molar-refractivity contribution in [1.29, 1.82) is 0 Å². The van der Waals surface area contributed by atoms with E-state index in [2.05, 4.69) is 37.2 Å². The van der Waals surface area contributed by atoms with E-state index in [-0.39, 0.29) is 28.6 Å². The van der Waals surface area contributed by atoms with Crippen molar-refractivity contribution in [2.75, 3.05) is 63.0 Å². The van der Waals surface area contributed by atoms with E-state index in [1.165, 1.54) is 38.4 Å². The van der Waals surface area contributed by atoms with Crippen LogP contribution in [0.1, 0.15) is 16.5 Å². The van der Waals surface area contributed by atoms with Crippen molar-refractivity contribution < 1.29 is 25.2 Å². The predicted molar refractivity (Wildman–Crippen MR) is 160 cm³/mol. The summed E-state index contributed by atoms with van der Waals surface area (Å²) in [4.78, 5) is 24.4. The first-order chi connectivity index (χ1) is 23.2. The molecule has 0 unspecified atom stereocenters. The third-order valence-electron chi connectivity index (χ3n) is 5.94. The number of hydrogen-bond donors (Lipinski definition) is 2. The summed E-state index contributed by atoms with van der Waals surface area (Å²) in [6.45, 7) is 3.39. The molecule has 5 rings (SSSR count). The number of nitrogens with zero attached hydrogens (tertiary/aromatic N) is 6. The van der Waals surface area contributed by atoms with E-state index in [1.807, 2.05) is 0 Å². The number of ether oxygens (including phenoxy) is 2. The molecule has 2 aromatic carbocycles. The Hall–Kier alpha value is -4.74. The van der Waals surface area contributed by atoms with E-state index >= 15 is 0 Å². The van der Waals surface area contributed by atoms with Crippen molar-refractivity contribution in [3.05, 3.63) is 79.0 Å². The highest BCUT2D eigenvalue weighted by Gasteiger charge is 2.20. The molecular weight excluding hydrogens is 520 g/mol. The van der Waals surface area contributed by atoms with Gasteiger partial charge < -0.3 is 29.9 Å². The van der Waals surface area contributed by atoms with Gasteiger partial charge in [-0.15, -0.1) is 0 Å². The van der Waals surface area contributed by atoms with E-state index in [0.29, 0.717) is 49.1 Å². The lowest BCUT2D eigenvalue weighted by atomic mass is 10.1. The molecule has 0 spiro atoms. The van der Waals surface area contributed by atoms with Crippen molar-refractivity contribution in [3.8, 4) is 22.8 Å².